The van der Waals surface area contributed by atoms with Crippen LogP contribution in [0.5, 0.6) is 5.75 Å². The van der Waals surface area contributed by atoms with E-state index >= 15 is 0 Å². The van der Waals surface area contributed by atoms with E-state index in [0.29, 0.717) is 33.7 Å². The standard InChI is InChI=1S/C26H22Cl3N3O3S/c1-4-13(2)14-6-8-22-21(9-14)30-25(35-22)15-5-7-18(28)20(10-15)31-26(36)32-24(33)17-11-16(27)12-19(29)23(17)34-3/h5-13H,4H2,1-3H3,(H2,31,32,33,36). The van der Waals surface area contributed by atoms with E-state index in [1.54, 1.807) is 18.2 Å². The van der Waals surface area contributed by atoms with Gasteiger partial charge in [-0.2, -0.15) is 0 Å². The highest BCUT2D eigenvalue weighted by Crippen LogP contribution is 2.33. The van der Waals surface area contributed by atoms with Gasteiger partial charge in [0.15, 0.2) is 10.7 Å². The lowest BCUT2D eigenvalue weighted by Crippen LogP contribution is -2.34. The smallest absolute Gasteiger partial charge is 0.261 e. The Hall–Kier alpha value is -2.84. The van der Waals surface area contributed by atoms with Crippen molar-refractivity contribution < 1.29 is 13.9 Å². The number of hydrogen-bond acceptors (Lipinski definition) is 5. The van der Waals surface area contributed by atoms with Gasteiger partial charge in [-0.1, -0.05) is 54.7 Å². The third-order valence-electron chi connectivity index (χ3n) is 5.74. The Labute approximate surface area is 228 Å². The van der Waals surface area contributed by atoms with Gasteiger partial charge in [-0.25, -0.2) is 4.98 Å². The molecule has 0 spiro atoms. The first-order valence-corrected chi connectivity index (χ1v) is 12.6. The van der Waals surface area contributed by atoms with Crippen molar-refractivity contribution in [1.29, 1.82) is 0 Å². The summed E-state index contributed by atoms with van der Waals surface area (Å²) in [5, 5.41) is 6.45. The number of fused-ring (bicyclic) bond motifs is 1. The number of oxazole rings is 1. The summed E-state index contributed by atoms with van der Waals surface area (Å²) in [5.74, 6) is 0.519. The molecule has 1 atom stereocenters. The summed E-state index contributed by atoms with van der Waals surface area (Å²) in [6.45, 7) is 4.33. The molecule has 0 aliphatic carbocycles. The largest absolute Gasteiger partial charge is 0.494 e. The van der Waals surface area contributed by atoms with Crippen LogP contribution in [0.3, 0.4) is 0 Å². The number of hydrogen-bond donors (Lipinski definition) is 2. The highest BCUT2D eigenvalue weighted by molar-refractivity contribution is 7.80. The lowest BCUT2D eigenvalue weighted by atomic mass is 9.98. The SMILES string of the molecule is CCC(C)c1ccc2oc(-c3ccc(Cl)c(NC(=S)NC(=O)c4cc(Cl)cc(Cl)c4OC)c3)nc2c1. The minimum atomic E-state index is -0.544. The van der Waals surface area contributed by atoms with Crippen molar-refractivity contribution in [1.82, 2.24) is 10.3 Å². The van der Waals surface area contributed by atoms with Crippen molar-refractivity contribution in [2.45, 2.75) is 26.2 Å². The van der Waals surface area contributed by atoms with Crippen LogP contribution >= 0.6 is 47.0 Å². The summed E-state index contributed by atoms with van der Waals surface area (Å²) in [4.78, 5) is 17.5. The van der Waals surface area contributed by atoms with E-state index in [-0.39, 0.29) is 26.5 Å². The molecule has 4 rings (SSSR count). The lowest BCUT2D eigenvalue weighted by molar-refractivity contribution is 0.0974. The van der Waals surface area contributed by atoms with Gasteiger partial charge in [0.1, 0.15) is 11.3 Å². The molecule has 3 aromatic carbocycles. The second-order valence-corrected chi connectivity index (χ2v) is 9.79. The molecule has 6 nitrogen and oxygen atoms in total. The summed E-state index contributed by atoms with van der Waals surface area (Å²) in [5.41, 5.74) is 3.99. The molecular weight excluding hydrogens is 541 g/mol. The number of carbonyl (C=O) groups is 1. The van der Waals surface area contributed by atoms with Crippen molar-refractivity contribution in [3.8, 4) is 17.2 Å². The highest BCUT2D eigenvalue weighted by Gasteiger charge is 2.19. The number of amides is 1. The molecule has 0 aliphatic heterocycles. The Bertz CT molecular complexity index is 1470. The fourth-order valence-corrected chi connectivity index (χ4v) is 4.56. The summed E-state index contributed by atoms with van der Waals surface area (Å²) in [7, 11) is 1.41. The summed E-state index contributed by atoms with van der Waals surface area (Å²) >= 11 is 23.9. The van der Waals surface area contributed by atoms with Crippen LogP contribution in [0.4, 0.5) is 5.69 Å². The zero-order valence-electron chi connectivity index (χ0n) is 19.6. The zero-order valence-corrected chi connectivity index (χ0v) is 22.7. The van der Waals surface area contributed by atoms with Gasteiger partial charge < -0.3 is 14.5 Å². The van der Waals surface area contributed by atoms with E-state index in [9.17, 15) is 4.79 Å². The molecule has 0 saturated carbocycles. The van der Waals surface area contributed by atoms with Crippen LogP contribution in [-0.4, -0.2) is 23.1 Å². The topological polar surface area (TPSA) is 76.4 Å². The number of nitrogens with one attached hydrogen (secondary N) is 2. The summed E-state index contributed by atoms with van der Waals surface area (Å²) < 4.78 is 11.2. The van der Waals surface area contributed by atoms with Gasteiger partial charge in [-0.05, 0) is 72.6 Å². The molecule has 1 amide bonds. The monoisotopic (exact) mass is 561 g/mol. The van der Waals surface area contributed by atoms with Crippen molar-refractivity contribution in [3.05, 3.63) is 74.7 Å². The molecule has 186 valence electrons. The van der Waals surface area contributed by atoms with Crippen LogP contribution in [-0.2, 0) is 0 Å². The first-order chi connectivity index (χ1) is 17.2. The Morgan fingerprint density at radius 2 is 1.89 bits per heavy atom. The van der Waals surface area contributed by atoms with Crippen molar-refractivity contribution in [3.63, 3.8) is 0 Å². The second kappa shape index (κ2) is 11.0. The number of benzene rings is 3. The number of rotatable bonds is 6. The fourth-order valence-electron chi connectivity index (χ4n) is 3.62. The number of thiocarbonyl (C=S) groups is 1. The van der Waals surface area contributed by atoms with Crippen molar-refractivity contribution in [2.24, 2.45) is 0 Å². The predicted molar refractivity (Wildman–Crippen MR) is 150 cm³/mol. The number of nitrogens with zero attached hydrogens (tertiary/aromatic N) is 1. The fraction of sp³-hybridized carbons (Fsp3) is 0.192. The Kier molecular flexibility index (Phi) is 8.05. The van der Waals surface area contributed by atoms with Crippen LogP contribution in [0.25, 0.3) is 22.6 Å². The van der Waals surface area contributed by atoms with Crippen LogP contribution in [0, 0.1) is 0 Å². The second-order valence-electron chi connectivity index (χ2n) is 8.13. The van der Waals surface area contributed by atoms with Crippen LogP contribution in [0.2, 0.25) is 15.1 Å². The van der Waals surface area contributed by atoms with Crippen molar-refractivity contribution >= 4 is 74.8 Å². The van der Waals surface area contributed by atoms with Gasteiger partial charge in [0.25, 0.3) is 5.91 Å². The molecule has 0 saturated heterocycles. The van der Waals surface area contributed by atoms with E-state index in [2.05, 4.69) is 35.5 Å². The molecule has 0 radical (unpaired) electrons. The normalized spacial score (nSPS) is 11.8. The minimum Gasteiger partial charge on any atom is -0.494 e. The molecule has 4 aromatic rings. The van der Waals surface area contributed by atoms with Gasteiger partial charge in [-0.15, -0.1) is 0 Å². The maximum Gasteiger partial charge on any atom is 0.261 e. The molecule has 0 fully saturated rings. The Balaban J connectivity index is 1.55. The summed E-state index contributed by atoms with van der Waals surface area (Å²) in [6, 6.07) is 14.2. The number of carbonyl (C=O) groups excluding carboxylic acids is 1. The maximum atomic E-state index is 12.8. The van der Waals surface area contributed by atoms with Gasteiger partial charge >= 0.3 is 0 Å². The lowest BCUT2D eigenvalue weighted by Gasteiger charge is -2.14. The molecule has 0 aliphatic rings. The predicted octanol–water partition coefficient (Wildman–Crippen LogP) is 8.10. The van der Waals surface area contributed by atoms with E-state index < -0.39 is 5.91 Å². The van der Waals surface area contributed by atoms with Gasteiger partial charge in [0.2, 0.25) is 5.89 Å². The molecule has 2 N–H and O–H groups in total. The highest BCUT2D eigenvalue weighted by atomic mass is 35.5. The van der Waals surface area contributed by atoms with Gasteiger partial charge in [0, 0.05) is 10.6 Å². The van der Waals surface area contributed by atoms with E-state index in [1.165, 1.54) is 24.8 Å². The molecule has 36 heavy (non-hydrogen) atoms. The zero-order chi connectivity index (χ0) is 26.0. The van der Waals surface area contributed by atoms with Crippen LogP contribution in [0.1, 0.15) is 42.1 Å². The van der Waals surface area contributed by atoms with Crippen LogP contribution in [0.15, 0.2) is 52.9 Å². The quantitative estimate of drug-likeness (QED) is 0.231. The molecule has 1 aromatic heterocycles. The van der Waals surface area contributed by atoms with E-state index in [4.69, 9.17) is 56.2 Å². The van der Waals surface area contributed by atoms with E-state index in [1.807, 2.05) is 12.1 Å². The first kappa shape index (κ1) is 26.2. The third-order valence-corrected chi connectivity index (χ3v) is 6.77. The average Bonchev–Trinajstić information content (AvgIpc) is 3.27. The molecule has 10 heteroatoms. The first-order valence-electron chi connectivity index (χ1n) is 11.1. The van der Waals surface area contributed by atoms with Gasteiger partial charge in [0.05, 0.1) is 28.4 Å². The molecular formula is C26H22Cl3N3O3S. The van der Waals surface area contributed by atoms with Gasteiger partial charge in [-0.3, -0.25) is 10.1 Å². The number of anilines is 1. The maximum absolute atomic E-state index is 12.8. The molecule has 1 heterocycles. The number of methoxy groups -OCH3 is 1. The summed E-state index contributed by atoms with van der Waals surface area (Å²) in [6.07, 6.45) is 1.04. The molecule has 0 bridgehead atoms. The Morgan fingerprint density at radius 3 is 2.61 bits per heavy atom. The molecule has 1 unspecified atom stereocenters. The van der Waals surface area contributed by atoms with Crippen molar-refractivity contribution in [2.75, 3.05) is 12.4 Å². The van der Waals surface area contributed by atoms with E-state index in [0.717, 1.165) is 11.9 Å². The average molecular weight is 563 g/mol. The number of ether oxygens (including phenoxy) is 1. The number of aromatic nitrogens is 1. The number of halogens is 3. The minimum absolute atomic E-state index is 0.0213. The third kappa shape index (κ3) is 5.60. The Morgan fingerprint density at radius 1 is 1.11 bits per heavy atom. The van der Waals surface area contributed by atoms with Crippen LogP contribution < -0.4 is 15.4 Å².